The quantitative estimate of drug-likeness (QED) is 0.286. The van der Waals surface area contributed by atoms with Crippen molar-refractivity contribution in [2.24, 2.45) is 11.8 Å². The smallest absolute Gasteiger partial charge is 0.306 e. The minimum atomic E-state index is -1.50. The summed E-state index contributed by atoms with van der Waals surface area (Å²) in [6.45, 7) is 1.39. The van der Waals surface area contributed by atoms with Crippen LogP contribution in [0.15, 0.2) is 103 Å². The van der Waals surface area contributed by atoms with Gasteiger partial charge in [0.2, 0.25) is 11.8 Å². The number of nitrogens with one attached hydrogen (secondary N) is 1. The van der Waals surface area contributed by atoms with Gasteiger partial charge in [0.25, 0.3) is 5.91 Å². The third-order valence-corrected chi connectivity index (χ3v) is 10.7. The molecule has 4 aliphatic rings. The van der Waals surface area contributed by atoms with Gasteiger partial charge in [-0.2, -0.15) is 0 Å². The summed E-state index contributed by atoms with van der Waals surface area (Å²) in [5.41, 5.74) is 1.32. The fraction of sp³-hybridized carbons (Fsp3) is 0.350. The molecule has 0 unspecified atom stereocenters. The highest BCUT2D eigenvalue weighted by Gasteiger charge is 2.74. The Morgan fingerprint density at radius 2 is 1.71 bits per heavy atom. The number of ether oxygens (including phenoxy) is 2. The highest BCUT2D eigenvalue weighted by atomic mass is 35.5. The zero-order chi connectivity index (χ0) is 35.7. The van der Waals surface area contributed by atoms with Gasteiger partial charge in [-0.05, 0) is 42.5 Å². The third kappa shape index (κ3) is 6.37. The van der Waals surface area contributed by atoms with Gasteiger partial charge in [0, 0.05) is 13.0 Å². The summed E-state index contributed by atoms with van der Waals surface area (Å²) in [7, 11) is 0. The number of amides is 3. The molecule has 2 fully saturated rings. The molecule has 264 valence electrons. The largest absolute Gasteiger partial charge is 0.463 e. The van der Waals surface area contributed by atoms with Crippen LogP contribution in [0.4, 0.5) is 5.69 Å². The van der Waals surface area contributed by atoms with Gasteiger partial charge in [-0.1, -0.05) is 109 Å². The van der Waals surface area contributed by atoms with E-state index in [0.29, 0.717) is 17.1 Å². The molecule has 0 aromatic heterocycles. The molecule has 3 amide bonds. The summed E-state index contributed by atoms with van der Waals surface area (Å²) in [6.07, 6.45) is 7.03. The van der Waals surface area contributed by atoms with Crippen molar-refractivity contribution < 1.29 is 33.8 Å². The number of aliphatic hydroxyl groups is 1. The second-order valence-electron chi connectivity index (χ2n) is 13.5. The fourth-order valence-corrected chi connectivity index (χ4v) is 8.37. The van der Waals surface area contributed by atoms with E-state index in [1.807, 2.05) is 73.7 Å². The van der Waals surface area contributed by atoms with Crippen LogP contribution in [0.3, 0.4) is 0 Å². The van der Waals surface area contributed by atoms with Gasteiger partial charge in [-0.25, -0.2) is 0 Å². The molecule has 11 heteroatoms. The Bertz CT molecular complexity index is 1850. The Morgan fingerprint density at radius 1 is 0.961 bits per heavy atom. The van der Waals surface area contributed by atoms with Gasteiger partial charge in [0.1, 0.15) is 18.2 Å². The zero-order valence-corrected chi connectivity index (χ0v) is 28.9. The molecule has 2 N–H and O–H groups in total. The number of halogens is 1. The van der Waals surface area contributed by atoms with E-state index in [9.17, 15) is 19.5 Å². The first-order valence-corrected chi connectivity index (χ1v) is 17.7. The maximum Gasteiger partial charge on any atom is 0.306 e. The SMILES string of the molecule is Cc1cccc(Cl)c1N1C/C=C\CCC(=O)OC[C@@H](c2ccccc2)NC(=O)[C@@H]2[C@@H]3C=C[C@]4(O3)[C@H](C1=O)N([C@@H](CO)Cc1ccccc1)C(=O)[C@@H]24. The second kappa shape index (κ2) is 14.5. The molecule has 0 radical (unpaired) electrons. The number of allylic oxidation sites excluding steroid dienone is 1. The predicted octanol–water partition coefficient (Wildman–Crippen LogP) is 4.49. The number of aryl methyl sites for hydroxylation is 1. The van der Waals surface area contributed by atoms with Crippen molar-refractivity contribution in [2.75, 3.05) is 24.7 Å². The number of hydrogen-bond acceptors (Lipinski definition) is 7. The van der Waals surface area contributed by atoms with Crippen LogP contribution in [-0.2, 0) is 35.1 Å². The van der Waals surface area contributed by atoms with Crippen molar-refractivity contribution in [3.63, 3.8) is 0 Å². The van der Waals surface area contributed by atoms with Crippen molar-refractivity contribution in [3.05, 3.63) is 125 Å². The second-order valence-corrected chi connectivity index (χ2v) is 13.9. The van der Waals surface area contributed by atoms with Crippen LogP contribution in [-0.4, -0.2) is 77.2 Å². The monoisotopic (exact) mass is 709 g/mol. The van der Waals surface area contributed by atoms with E-state index < -0.39 is 72.0 Å². The Hall–Kier alpha value is -4.77. The van der Waals surface area contributed by atoms with Crippen LogP contribution in [0.2, 0.25) is 5.02 Å². The van der Waals surface area contributed by atoms with Gasteiger partial charge in [0.05, 0.1) is 47.3 Å². The fourth-order valence-electron chi connectivity index (χ4n) is 8.04. The van der Waals surface area contributed by atoms with Gasteiger partial charge < -0.3 is 29.7 Å². The van der Waals surface area contributed by atoms with Crippen LogP contribution in [0, 0.1) is 18.8 Å². The average Bonchev–Trinajstić information content (AvgIpc) is 3.78. The molecule has 4 heterocycles. The molecule has 10 nitrogen and oxygen atoms in total. The molecule has 0 saturated carbocycles. The number of para-hydroxylation sites is 1. The number of rotatable bonds is 6. The maximum atomic E-state index is 15.3. The number of esters is 1. The van der Waals surface area contributed by atoms with E-state index in [4.69, 9.17) is 21.1 Å². The van der Waals surface area contributed by atoms with E-state index in [1.165, 1.54) is 9.80 Å². The predicted molar refractivity (Wildman–Crippen MR) is 191 cm³/mol. The van der Waals surface area contributed by atoms with E-state index in [1.54, 1.807) is 36.4 Å². The average molecular weight is 710 g/mol. The van der Waals surface area contributed by atoms with Crippen molar-refractivity contribution in [2.45, 2.75) is 56.0 Å². The number of likely N-dealkylation sites (tertiary alicyclic amines) is 1. The number of carbonyl (C=O) groups is 4. The summed E-state index contributed by atoms with van der Waals surface area (Å²) in [5, 5.41) is 14.3. The minimum Gasteiger partial charge on any atom is -0.463 e. The van der Waals surface area contributed by atoms with Crippen LogP contribution < -0.4 is 10.2 Å². The molecular weight excluding hydrogens is 670 g/mol. The molecule has 2 saturated heterocycles. The summed E-state index contributed by atoms with van der Waals surface area (Å²) < 4.78 is 12.3. The van der Waals surface area contributed by atoms with E-state index in [0.717, 1.165) is 16.7 Å². The summed E-state index contributed by atoms with van der Waals surface area (Å²) in [4.78, 5) is 60.4. The number of fused-ring (bicyclic) bond motifs is 2. The molecule has 5 bridgehead atoms. The molecule has 3 aromatic rings. The normalized spacial score (nSPS) is 29.1. The number of benzene rings is 3. The first kappa shape index (κ1) is 34.7. The van der Waals surface area contributed by atoms with E-state index >= 15 is 4.79 Å². The molecule has 1 spiro atoms. The molecular formula is C40H40ClN3O7. The number of aliphatic hydroxyl groups excluding tert-OH is 1. The van der Waals surface area contributed by atoms with Crippen LogP contribution in [0.5, 0.6) is 0 Å². The first-order chi connectivity index (χ1) is 24.7. The lowest BCUT2D eigenvalue weighted by molar-refractivity contribution is -0.146. The standard InChI is InChI=1S/C40H40ClN3O7/c1-25-12-11-17-29(41)35(25)43-21-10-4-9-18-32(46)50-24-30(27-15-7-3-8-16-27)42-37(47)33-31-19-20-40(51-31)34(33)38(48)44(36(40)39(43)49)28(23-45)22-26-13-5-2-6-14-26/h2-8,10-17,19-20,28,30-31,33-34,36,45H,9,18,21-24H2,1H3,(H,42,47)/b10-4-/t28-,30+,31+,33-,34-,36+,40-/m1/s1. The van der Waals surface area contributed by atoms with Gasteiger partial charge in [-0.3, -0.25) is 19.2 Å². The molecule has 0 aliphatic carbocycles. The third-order valence-electron chi connectivity index (χ3n) is 10.4. The van der Waals surface area contributed by atoms with Gasteiger partial charge >= 0.3 is 5.97 Å². The van der Waals surface area contributed by atoms with Crippen LogP contribution >= 0.6 is 11.6 Å². The van der Waals surface area contributed by atoms with Crippen molar-refractivity contribution >= 4 is 41.0 Å². The van der Waals surface area contributed by atoms with Gasteiger partial charge in [-0.15, -0.1) is 0 Å². The lowest BCUT2D eigenvalue weighted by Crippen LogP contribution is -2.59. The van der Waals surface area contributed by atoms with Crippen molar-refractivity contribution in [1.29, 1.82) is 0 Å². The van der Waals surface area contributed by atoms with Crippen LogP contribution in [0.1, 0.15) is 35.6 Å². The Morgan fingerprint density at radius 3 is 2.43 bits per heavy atom. The van der Waals surface area contributed by atoms with Crippen molar-refractivity contribution in [3.8, 4) is 0 Å². The molecule has 7 rings (SSSR count). The molecule has 4 aliphatic heterocycles. The van der Waals surface area contributed by atoms with Crippen LogP contribution in [0.25, 0.3) is 0 Å². The molecule has 7 atom stereocenters. The Balaban J connectivity index is 1.36. The van der Waals surface area contributed by atoms with Gasteiger partial charge in [0.15, 0.2) is 0 Å². The van der Waals surface area contributed by atoms with E-state index in [-0.39, 0.29) is 26.0 Å². The highest BCUT2D eigenvalue weighted by Crippen LogP contribution is 2.56. The topological polar surface area (TPSA) is 125 Å². The lowest BCUT2D eigenvalue weighted by atomic mass is 9.74. The zero-order valence-electron chi connectivity index (χ0n) is 28.2. The summed E-state index contributed by atoms with van der Waals surface area (Å²) in [6, 6.07) is 21.2. The Kier molecular flexibility index (Phi) is 9.83. The highest BCUT2D eigenvalue weighted by molar-refractivity contribution is 6.34. The van der Waals surface area contributed by atoms with E-state index in [2.05, 4.69) is 5.32 Å². The maximum absolute atomic E-state index is 15.3. The number of carbonyl (C=O) groups excluding carboxylic acids is 4. The van der Waals surface area contributed by atoms with Crippen molar-refractivity contribution in [1.82, 2.24) is 10.2 Å². The molecule has 3 aromatic carbocycles. The minimum absolute atomic E-state index is 0.0767. The number of hydrogen-bond donors (Lipinski definition) is 2. The number of anilines is 1. The molecule has 51 heavy (non-hydrogen) atoms. The number of nitrogens with zero attached hydrogens (tertiary/aromatic N) is 2. The first-order valence-electron chi connectivity index (χ1n) is 17.3. The summed E-state index contributed by atoms with van der Waals surface area (Å²) in [5.74, 6) is -3.87. The summed E-state index contributed by atoms with van der Waals surface area (Å²) >= 11 is 6.78. The lowest BCUT2D eigenvalue weighted by Gasteiger charge is -2.39. The number of cyclic esters (lactones) is 1. The Labute approximate surface area is 301 Å².